The van der Waals surface area contributed by atoms with Gasteiger partial charge in [-0.15, -0.1) is 0 Å². The summed E-state index contributed by atoms with van der Waals surface area (Å²) in [7, 11) is 0. The largest absolute Gasteiger partial charge is 0.459 e. The van der Waals surface area contributed by atoms with Crippen LogP contribution in [0.3, 0.4) is 0 Å². The van der Waals surface area contributed by atoms with Crippen LogP contribution in [0.15, 0.2) is 28.7 Å². The number of furan rings is 1. The number of rotatable bonds is 4. The summed E-state index contributed by atoms with van der Waals surface area (Å²) in [5.74, 6) is 1.53. The highest BCUT2D eigenvalue weighted by atomic mass is 35.5. The summed E-state index contributed by atoms with van der Waals surface area (Å²) >= 11 is 6.12. The minimum Gasteiger partial charge on any atom is -0.459 e. The van der Waals surface area contributed by atoms with Gasteiger partial charge in [0.25, 0.3) is 0 Å². The van der Waals surface area contributed by atoms with E-state index in [0.717, 1.165) is 29.7 Å². The zero-order valence-corrected chi connectivity index (χ0v) is 12.8. The second-order valence-electron chi connectivity index (χ2n) is 6.31. The summed E-state index contributed by atoms with van der Waals surface area (Å²) in [6.07, 6.45) is 0.925. The smallest absolute Gasteiger partial charge is 0.152 e. The maximum Gasteiger partial charge on any atom is 0.152 e. The first kappa shape index (κ1) is 14.4. The third-order valence-corrected chi connectivity index (χ3v) is 3.38. The Hall–Kier alpha value is -0.990. The summed E-state index contributed by atoms with van der Waals surface area (Å²) in [6, 6.07) is 7.94. The predicted octanol–water partition coefficient (Wildman–Crippen LogP) is 4.65. The van der Waals surface area contributed by atoms with Gasteiger partial charge in [-0.25, -0.2) is 0 Å². The fraction of sp³-hybridized carbons (Fsp3) is 0.500. The van der Waals surface area contributed by atoms with Crippen molar-refractivity contribution in [1.82, 2.24) is 5.32 Å². The summed E-state index contributed by atoms with van der Waals surface area (Å²) < 4.78 is 5.84. The van der Waals surface area contributed by atoms with Crippen molar-refractivity contribution in [3.05, 3.63) is 35.0 Å². The number of hydrogen-bond donors (Lipinski definition) is 1. The molecule has 19 heavy (non-hydrogen) atoms. The number of hydrogen-bond acceptors (Lipinski definition) is 2. The van der Waals surface area contributed by atoms with Crippen LogP contribution < -0.4 is 5.32 Å². The minimum absolute atomic E-state index is 0.158. The topological polar surface area (TPSA) is 25.2 Å². The zero-order valence-electron chi connectivity index (χ0n) is 12.1. The summed E-state index contributed by atoms with van der Waals surface area (Å²) in [6.45, 7) is 9.75. The Morgan fingerprint density at radius 1 is 1.32 bits per heavy atom. The maximum atomic E-state index is 6.12. The lowest BCUT2D eigenvalue weighted by molar-refractivity contribution is 0.370. The molecule has 0 aliphatic heterocycles. The molecule has 1 aromatic carbocycles. The van der Waals surface area contributed by atoms with E-state index in [1.165, 1.54) is 0 Å². The van der Waals surface area contributed by atoms with Gasteiger partial charge in [-0.05, 0) is 45.4 Å². The molecule has 0 aliphatic carbocycles. The molecule has 0 aliphatic rings. The Morgan fingerprint density at radius 2 is 2.05 bits per heavy atom. The molecule has 0 saturated heterocycles. The normalized spacial score (nSPS) is 13.9. The molecular formula is C16H22ClNO. The monoisotopic (exact) mass is 279 g/mol. The first-order valence-electron chi connectivity index (χ1n) is 6.77. The highest BCUT2D eigenvalue weighted by molar-refractivity contribution is 6.34. The van der Waals surface area contributed by atoms with Gasteiger partial charge in [0.2, 0.25) is 0 Å². The Labute approximate surface area is 120 Å². The lowest BCUT2D eigenvalue weighted by Gasteiger charge is -2.23. The number of para-hydroxylation sites is 1. The van der Waals surface area contributed by atoms with Gasteiger partial charge in [-0.3, -0.25) is 0 Å². The van der Waals surface area contributed by atoms with Gasteiger partial charge in [0.05, 0.1) is 5.02 Å². The molecule has 1 aromatic heterocycles. The van der Waals surface area contributed by atoms with Crippen LogP contribution in [0.4, 0.5) is 0 Å². The number of halogens is 1. The van der Waals surface area contributed by atoms with Gasteiger partial charge in [-0.2, -0.15) is 0 Å². The first-order chi connectivity index (χ1) is 8.85. The van der Waals surface area contributed by atoms with Crippen LogP contribution in [0.2, 0.25) is 5.02 Å². The Bertz CT molecular complexity index is 553. The van der Waals surface area contributed by atoms with Crippen molar-refractivity contribution in [3.8, 4) is 0 Å². The van der Waals surface area contributed by atoms with Gasteiger partial charge in [0.1, 0.15) is 5.76 Å². The van der Waals surface area contributed by atoms with E-state index in [4.69, 9.17) is 16.0 Å². The molecule has 2 rings (SSSR count). The van der Waals surface area contributed by atoms with E-state index in [9.17, 15) is 0 Å². The Balaban J connectivity index is 2.03. The lowest BCUT2D eigenvalue weighted by Crippen LogP contribution is -2.38. The average Bonchev–Trinajstić information content (AvgIpc) is 2.69. The van der Waals surface area contributed by atoms with Crippen LogP contribution in [-0.2, 0) is 6.42 Å². The Morgan fingerprint density at radius 3 is 2.68 bits per heavy atom. The van der Waals surface area contributed by atoms with E-state index >= 15 is 0 Å². The SMILES string of the molecule is CC(CNC(C)(C)C)Cc1cc2cccc(Cl)c2o1. The molecular weight excluding hydrogens is 258 g/mol. The van der Waals surface area contributed by atoms with Crippen molar-refractivity contribution in [2.75, 3.05) is 6.54 Å². The highest BCUT2D eigenvalue weighted by Crippen LogP contribution is 2.27. The molecule has 0 fully saturated rings. The zero-order chi connectivity index (χ0) is 14.0. The molecule has 0 spiro atoms. The van der Waals surface area contributed by atoms with Crippen LogP contribution in [0.1, 0.15) is 33.5 Å². The van der Waals surface area contributed by atoms with Crippen LogP contribution in [0.5, 0.6) is 0 Å². The van der Waals surface area contributed by atoms with Crippen molar-refractivity contribution < 1.29 is 4.42 Å². The molecule has 2 nitrogen and oxygen atoms in total. The van der Waals surface area contributed by atoms with Crippen molar-refractivity contribution in [2.45, 2.75) is 39.7 Å². The molecule has 0 saturated carbocycles. The van der Waals surface area contributed by atoms with E-state index in [-0.39, 0.29) is 5.54 Å². The van der Waals surface area contributed by atoms with Gasteiger partial charge in [0.15, 0.2) is 5.58 Å². The predicted molar refractivity (Wildman–Crippen MR) is 81.8 cm³/mol. The fourth-order valence-corrected chi connectivity index (χ4v) is 2.30. The van der Waals surface area contributed by atoms with E-state index in [1.54, 1.807) is 0 Å². The molecule has 0 radical (unpaired) electrons. The average molecular weight is 280 g/mol. The minimum atomic E-state index is 0.158. The van der Waals surface area contributed by atoms with Gasteiger partial charge >= 0.3 is 0 Å². The Kier molecular flexibility index (Phi) is 4.22. The van der Waals surface area contributed by atoms with E-state index in [0.29, 0.717) is 10.9 Å². The fourth-order valence-electron chi connectivity index (χ4n) is 2.08. The second kappa shape index (κ2) is 5.56. The van der Waals surface area contributed by atoms with E-state index in [1.807, 2.05) is 18.2 Å². The molecule has 1 heterocycles. The highest BCUT2D eigenvalue weighted by Gasteiger charge is 2.14. The van der Waals surface area contributed by atoms with Gasteiger partial charge < -0.3 is 9.73 Å². The van der Waals surface area contributed by atoms with E-state index < -0.39 is 0 Å². The maximum absolute atomic E-state index is 6.12. The van der Waals surface area contributed by atoms with Crippen molar-refractivity contribution >= 4 is 22.6 Å². The van der Waals surface area contributed by atoms with Crippen molar-refractivity contribution in [3.63, 3.8) is 0 Å². The van der Waals surface area contributed by atoms with Crippen molar-refractivity contribution in [2.24, 2.45) is 5.92 Å². The standard InChI is InChI=1S/C16H22ClNO/c1-11(10-18-16(2,3)4)8-13-9-12-6-5-7-14(17)15(12)19-13/h5-7,9,11,18H,8,10H2,1-4H3. The number of benzene rings is 1. The number of nitrogens with one attached hydrogen (secondary N) is 1. The molecule has 104 valence electrons. The molecule has 3 heteroatoms. The first-order valence-corrected chi connectivity index (χ1v) is 7.15. The molecule has 0 bridgehead atoms. The molecule has 1 unspecified atom stereocenters. The van der Waals surface area contributed by atoms with Crippen LogP contribution in [-0.4, -0.2) is 12.1 Å². The number of fused-ring (bicyclic) bond motifs is 1. The molecule has 0 amide bonds. The third kappa shape index (κ3) is 3.99. The van der Waals surface area contributed by atoms with E-state index in [2.05, 4.69) is 39.1 Å². The van der Waals surface area contributed by atoms with Crippen molar-refractivity contribution in [1.29, 1.82) is 0 Å². The molecule has 1 atom stereocenters. The van der Waals surface area contributed by atoms with Crippen LogP contribution >= 0.6 is 11.6 Å². The quantitative estimate of drug-likeness (QED) is 0.881. The van der Waals surface area contributed by atoms with Gasteiger partial charge in [-0.1, -0.05) is 30.7 Å². The molecule has 1 N–H and O–H groups in total. The summed E-state index contributed by atoms with van der Waals surface area (Å²) in [5, 5.41) is 5.29. The lowest BCUT2D eigenvalue weighted by atomic mass is 10.0. The second-order valence-corrected chi connectivity index (χ2v) is 6.72. The molecule has 2 aromatic rings. The summed E-state index contributed by atoms with van der Waals surface area (Å²) in [5.41, 5.74) is 0.959. The van der Waals surface area contributed by atoms with Gasteiger partial charge in [0, 0.05) is 17.3 Å². The third-order valence-electron chi connectivity index (χ3n) is 3.08. The summed E-state index contributed by atoms with van der Waals surface area (Å²) in [4.78, 5) is 0. The van der Waals surface area contributed by atoms with Crippen LogP contribution in [0.25, 0.3) is 11.0 Å². The van der Waals surface area contributed by atoms with Crippen LogP contribution in [0, 0.1) is 5.92 Å².